The van der Waals surface area contributed by atoms with Crippen LogP contribution in [0.5, 0.6) is 17.2 Å². The molecule has 0 aliphatic rings. The maximum absolute atomic E-state index is 13.5. The van der Waals surface area contributed by atoms with Gasteiger partial charge in [-0.05, 0) is 71.1 Å². The highest BCUT2D eigenvalue weighted by Gasteiger charge is 2.22. The van der Waals surface area contributed by atoms with Crippen LogP contribution in [-0.4, -0.2) is 36.2 Å². The normalized spacial score (nSPS) is 11.0. The van der Waals surface area contributed by atoms with Crippen LogP contribution in [0.1, 0.15) is 33.3 Å². The number of nitrogens with zero attached hydrogens (tertiary/aromatic N) is 1. The van der Waals surface area contributed by atoms with E-state index >= 15 is 0 Å². The quantitative estimate of drug-likeness (QED) is 0.0546. The van der Waals surface area contributed by atoms with Crippen LogP contribution in [0.3, 0.4) is 0 Å². The molecule has 0 saturated carbocycles. The molecular weight excluding hydrogens is 765 g/mol. The summed E-state index contributed by atoms with van der Waals surface area (Å²) in [6.45, 7) is 1.26. The number of nitrogens with one attached hydrogen (secondary N) is 2. The highest BCUT2D eigenvalue weighted by molar-refractivity contribution is 14.1. The van der Waals surface area contributed by atoms with Crippen LogP contribution in [-0.2, 0) is 4.79 Å². The lowest BCUT2D eigenvalue weighted by Crippen LogP contribution is -2.19. The van der Waals surface area contributed by atoms with Crippen LogP contribution in [0, 0.1) is 3.57 Å². The Bertz CT molecular complexity index is 1960. The molecule has 0 aliphatic heterocycles. The molecule has 12 heteroatoms. The van der Waals surface area contributed by atoms with Gasteiger partial charge >= 0.3 is 11.9 Å². The topological polar surface area (TPSA) is 119 Å². The summed E-state index contributed by atoms with van der Waals surface area (Å²) < 4.78 is 17.6. The van der Waals surface area contributed by atoms with Crippen molar-refractivity contribution < 1.29 is 28.6 Å². The summed E-state index contributed by atoms with van der Waals surface area (Å²) in [7, 11) is 1.39. The first-order valence-corrected chi connectivity index (χ1v) is 15.2. The molecule has 222 valence electrons. The summed E-state index contributed by atoms with van der Waals surface area (Å²) in [6.07, 6.45) is 1.37. The molecule has 0 bridgehead atoms. The number of fused-ring (bicyclic) bond motifs is 1. The van der Waals surface area contributed by atoms with E-state index in [0.717, 1.165) is 14.5 Å². The molecule has 0 saturated heterocycles. The number of aromatic amines is 1. The highest BCUT2D eigenvalue weighted by Crippen LogP contribution is 2.38. The first kappa shape index (κ1) is 31.2. The second-order valence-electron chi connectivity index (χ2n) is 9.25. The molecule has 4 aromatic carbocycles. The van der Waals surface area contributed by atoms with E-state index < -0.39 is 17.8 Å². The van der Waals surface area contributed by atoms with Crippen molar-refractivity contribution in [1.29, 1.82) is 0 Å². The van der Waals surface area contributed by atoms with Crippen molar-refractivity contribution >= 4 is 85.1 Å². The lowest BCUT2D eigenvalue weighted by atomic mass is 10.0. The Hall–Kier alpha value is -4.20. The fourth-order valence-corrected chi connectivity index (χ4v) is 5.66. The number of hydrogen-bond donors (Lipinski definition) is 2. The van der Waals surface area contributed by atoms with Crippen molar-refractivity contribution in [3.05, 3.63) is 109 Å². The molecular formula is C32H22BrClIN3O6. The summed E-state index contributed by atoms with van der Waals surface area (Å²) in [4.78, 5) is 41.0. The van der Waals surface area contributed by atoms with Crippen LogP contribution < -0.4 is 19.6 Å². The van der Waals surface area contributed by atoms with Gasteiger partial charge < -0.3 is 19.2 Å². The number of ether oxygens (including phenoxy) is 3. The van der Waals surface area contributed by atoms with Gasteiger partial charge in [-0.2, -0.15) is 5.10 Å². The molecule has 0 fully saturated rings. The summed E-state index contributed by atoms with van der Waals surface area (Å²) in [5, 5.41) is 5.51. The molecule has 5 rings (SSSR count). The first-order valence-electron chi connectivity index (χ1n) is 12.9. The summed E-state index contributed by atoms with van der Waals surface area (Å²) in [6, 6.07) is 22.4. The van der Waals surface area contributed by atoms with Crippen LogP contribution >= 0.6 is 50.1 Å². The maximum atomic E-state index is 13.5. The Morgan fingerprint density at radius 2 is 1.73 bits per heavy atom. The highest BCUT2D eigenvalue weighted by atomic mass is 127. The van der Waals surface area contributed by atoms with Crippen molar-refractivity contribution in [3.8, 4) is 28.4 Å². The SMILES string of the molecule is COc1cc(C(=O)Oc2ccc(Br)cc2C=NNC(=O)c2[nH]c3c(I)cccc3c2-c2ccccc2Cl)ccc1OC(C)=O. The summed E-state index contributed by atoms with van der Waals surface area (Å²) in [5.74, 6) is -1.14. The third-order valence-electron chi connectivity index (χ3n) is 6.35. The zero-order chi connectivity index (χ0) is 31.4. The van der Waals surface area contributed by atoms with E-state index in [0.29, 0.717) is 31.9 Å². The minimum Gasteiger partial charge on any atom is -0.493 e. The average Bonchev–Trinajstić information content (AvgIpc) is 3.39. The summed E-state index contributed by atoms with van der Waals surface area (Å²) >= 11 is 12.2. The number of benzene rings is 4. The number of hydrogen-bond acceptors (Lipinski definition) is 7. The number of esters is 2. The van der Waals surface area contributed by atoms with Crippen LogP contribution in [0.15, 0.2) is 88.4 Å². The number of amides is 1. The van der Waals surface area contributed by atoms with Crippen LogP contribution in [0.25, 0.3) is 22.0 Å². The standard InChI is InChI=1S/C32H22BrClIN3O6/c1-17(39)43-26-12-10-18(15-27(26)42-2)32(41)44-25-13-11-20(33)14-19(25)16-36-38-31(40)30-28(21-6-3-4-8-23(21)34)22-7-5-9-24(35)29(22)37-30/h3-16,37H,1-2H3,(H,38,40). The van der Waals surface area contributed by atoms with Crippen LogP contribution in [0.2, 0.25) is 5.02 Å². The Morgan fingerprint density at radius 1 is 0.955 bits per heavy atom. The van der Waals surface area contributed by atoms with Gasteiger partial charge in [0.15, 0.2) is 11.5 Å². The molecule has 9 nitrogen and oxygen atoms in total. The van der Waals surface area contributed by atoms with Crippen molar-refractivity contribution in [1.82, 2.24) is 10.4 Å². The molecule has 1 amide bonds. The zero-order valence-corrected chi connectivity index (χ0v) is 27.6. The zero-order valence-electron chi connectivity index (χ0n) is 23.1. The number of para-hydroxylation sites is 1. The minimum atomic E-state index is -0.684. The maximum Gasteiger partial charge on any atom is 0.343 e. The van der Waals surface area contributed by atoms with Gasteiger partial charge in [0.2, 0.25) is 0 Å². The second kappa shape index (κ2) is 13.6. The van der Waals surface area contributed by atoms with Gasteiger partial charge in [0.1, 0.15) is 11.4 Å². The van der Waals surface area contributed by atoms with E-state index in [1.807, 2.05) is 36.4 Å². The lowest BCUT2D eigenvalue weighted by Gasteiger charge is -2.11. The Balaban J connectivity index is 1.40. The number of methoxy groups -OCH3 is 1. The van der Waals surface area contributed by atoms with E-state index in [1.54, 1.807) is 24.3 Å². The average molecular weight is 787 g/mol. The number of carbonyl (C=O) groups excluding carboxylic acids is 3. The number of halogens is 3. The van der Waals surface area contributed by atoms with Gasteiger partial charge in [-0.3, -0.25) is 9.59 Å². The van der Waals surface area contributed by atoms with Gasteiger partial charge in [-0.25, -0.2) is 10.2 Å². The largest absolute Gasteiger partial charge is 0.493 e. The number of hydrazone groups is 1. The van der Waals surface area contributed by atoms with Crippen molar-refractivity contribution in [3.63, 3.8) is 0 Å². The van der Waals surface area contributed by atoms with Crippen molar-refractivity contribution in [2.75, 3.05) is 7.11 Å². The van der Waals surface area contributed by atoms with Gasteiger partial charge in [0, 0.05) is 42.1 Å². The van der Waals surface area contributed by atoms with E-state index in [1.165, 1.54) is 38.4 Å². The molecule has 0 spiro atoms. The molecule has 1 aromatic heterocycles. The number of rotatable bonds is 8. The molecule has 0 radical (unpaired) electrons. The smallest absolute Gasteiger partial charge is 0.343 e. The minimum absolute atomic E-state index is 0.164. The van der Waals surface area contributed by atoms with Gasteiger partial charge in [0.25, 0.3) is 5.91 Å². The number of H-pyrrole nitrogens is 1. The van der Waals surface area contributed by atoms with Gasteiger partial charge in [0.05, 0.1) is 24.4 Å². The second-order valence-corrected chi connectivity index (χ2v) is 11.7. The Morgan fingerprint density at radius 3 is 2.48 bits per heavy atom. The summed E-state index contributed by atoms with van der Waals surface area (Å²) in [5.41, 5.74) is 5.60. The predicted molar refractivity (Wildman–Crippen MR) is 180 cm³/mol. The van der Waals surface area contributed by atoms with Crippen molar-refractivity contribution in [2.24, 2.45) is 5.10 Å². The molecule has 0 unspecified atom stereocenters. The number of aromatic nitrogens is 1. The fraction of sp³-hybridized carbons (Fsp3) is 0.0625. The monoisotopic (exact) mass is 785 g/mol. The van der Waals surface area contributed by atoms with E-state index in [4.69, 9.17) is 25.8 Å². The molecule has 2 N–H and O–H groups in total. The lowest BCUT2D eigenvalue weighted by molar-refractivity contribution is -0.132. The number of carbonyl (C=O) groups is 3. The third kappa shape index (κ3) is 6.79. The fourth-order valence-electron chi connectivity index (χ4n) is 4.42. The van der Waals surface area contributed by atoms with E-state index in [2.05, 4.69) is 54.0 Å². The molecule has 0 atom stereocenters. The van der Waals surface area contributed by atoms with Gasteiger partial charge in [-0.1, -0.05) is 57.9 Å². The molecule has 44 heavy (non-hydrogen) atoms. The Labute approximate surface area is 278 Å². The molecule has 1 heterocycles. The Kier molecular flexibility index (Phi) is 9.67. The first-order chi connectivity index (χ1) is 21.2. The van der Waals surface area contributed by atoms with E-state index in [-0.39, 0.29) is 22.8 Å². The van der Waals surface area contributed by atoms with E-state index in [9.17, 15) is 14.4 Å². The predicted octanol–water partition coefficient (Wildman–Crippen LogP) is 7.77. The third-order valence-corrected chi connectivity index (χ3v) is 8.07. The molecule has 0 aliphatic carbocycles. The van der Waals surface area contributed by atoms with Crippen molar-refractivity contribution in [2.45, 2.75) is 6.92 Å². The van der Waals surface area contributed by atoms with Crippen LogP contribution in [0.4, 0.5) is 0 Å². The molecule has 5 aromatic rings. The van der Waals surface area contributed by atoms with Gasteiger partial charge in [-0.15, -0.1) is 0 Å².